The zero-order chi connectivity index (χ0) is 8.10. The van der Waals surface area contributed by atoms with E-state index in [2.05, 4.69) is 4.98 Å². The normalized spacial score (nSPS) is 12.9. The Balaban J connectivity index is 2.39. The van der Waals surface area contributed by atoms with E-state index >= 15 is 0 Å². The Labute approximate surface area is 71.2 Å². The van der Waals surface area contributed by atoms with Crippen molar-refractivity contribution in [1.82, 2.24) is 4.98 Å². The first-order valence-corrected chi connectivity index (χ1v) is 4.56. The monoisotopic (exact) mass is 168 g/mol. The van der Waals surface area contributed by atoms with Gasteiger partial charge in [-0.15, -0.1) is 11.8 Å². The molecule has 0 bridgehead atoms. The van der Waals surface area contributed by atoms with Crippen LogP contribution in [-0.2, 0) is 0 Å². The summed E-state index contributed by atoms with van der Waals surface area (Å²) >= 11 is 1.76. The maximum absolute atomic E-state index is 5.60. The van der Waals surface area contributed by atoms with E-state index in [0.29, 0.717) is 0 Å². The summed E-state index contributed by atoms with van der Waals surface area (Å²) in [6.45, 7) is 2.01. The Morgan fingerprint density at radius 2 is 2.18 bits per heavy atom. The molecule has 1 aromatic heterocycles. The first kappa shape index (κ1) is 8.56. The smallest absolute Gasteiger partial charge is 0.0278 e. The van der Waals surface area contributed by atoms with Crippen molar-refractivity contribution in [2.75, 3.05) is 5.75 Å². The number of nitrogens with two attached hydrogens (primary N) is 1. The van der Waals surface area contributed by atoms with Crippen LogP contribution in [0.15, 0.2) is 29.4 Å². The number of hydrogen-bond acceptors (Lipinski definition) is 3. The molecule has 0 radical (unpaired) electrons. The molecular weight excluding hydrogens is 156 g/mol. The molecule has 0 spiro atoms. The van der Waals surface area contributed by atoms with Crippen molar-refractivity contribution >= 4 is 11.8 Å². The van der Waals surface area contributed by atoms with Gasteiger partial charge in [-0.25, -0.2) is 0 Å². The largest absolute Gasteiger partial charge is 0.327 e. The molecule has 0 saturated carbocycles. The van der Waals surface area contributed by atoms with Crippen molar-refractivity contribution in [2.24, 2.45) is 5.73 Å². The minimum atomic E-state index is 0.258. The van der Waals surface area contributed by atoms with Crippen LogP contribution in [0.1, 0.15) is 6.92 Å². The van der Waals surface area contributed by atoms with Gasteiger partial charge in [-0.05, 0) is 19.1 Å². The molecule has 2 nitrogen and oxygen atoms in total. The molecule has 0 aliphatic carbocycles. The molecule has 1 atom stereocenters. The van der Waals surface area contributed by atoms with Gasteiger partial charge in [0.2, 0.25) is 0 Å². The predicted molar refractivity (Wildman–Crippen MR) is 48.6 cm³/mol. The van der Waals surface area contributed by atoms with Crippen molar-refractivity contribution in [3.63, 3.8) is 0 Å². The highest BCUT2D eigenvalue weighted by atomic mass is 32.2. The highest BCUT2D eigenvalue weighted by Gasteiger charge is 1.95. The molecule has 0 fully saturated rings. The summed E-state index contributed by atoms with van der Waals surface area (Å²) in [6, 6.07) is 4.24. The van der Waals surface area contributed by atoms with Gasteiger partial charge in [-0.2, -0.15) is 0 Å². The lowest BCUT2D eigenvalue weighted by Gasteiger charge is -2.03. The van der Waals surface area contributed by atoms with Crippen LogP contribution >= 0.6 is 11.8 Å². The molecule has 1 heterocycles. The van der Waals surface area contributed by atoms with E-state index in [1.54, 1.807) is 24.2 Å². The van der Waals surface area contributed by atoms with Crippen LogP contribution in [0.25, 0.3) is 0 Å². The summed E-state index contributed by atoms with van der Waals surface area (Å²) in [5.41, 5.74) is 5.60. The fraction of sp³-hybridized carbons (Fsp3) is 0.375. The summed E-state index contributed by atoms with van der Waals surface area (Å²) in [6.07, 6.45) is 3.59. The summed E-state index contributed by atoms with van der Waals surface area (Å²) in [5.74, 6) is 0.962. The van der Waals surface area contributed by atoms with Crippen LogP contribution in [0, 0.1) is 0 Å². The van der Waals surface area contributed by atoms with E-state index in [1.807, 2.05) is 19.1 Å². The highest BCUT2D eigenvalue weighted by molar-refractivity contribution is 7.99. The average Bonchev–Trinajstić information content (AvgIpc) is 2.03. The summed E-state index contributed by atoms with van der Waals surface area (Å²) in [7, 11) is 0. The third-order valence-electron chi connectivity index (χ3n) is 1.16. The first-order chi connectivity index (χ1) is 5.29. The third kappa shape index (κ3) is 3.39. The molecule has 1 rings (SSSR count). The van der Waals surface area contributed by atoms with E-state index in [1.165, 1.54) is 4.90 Å². The van der Waals surface area contributed by atoms with Crippen molar-refractivity contribution in [3.8, 4) is 0 Å². The lowest BCUT2D eigenvalue weighted by atomic mass is 10.4. The van der Waals surface area contributed by atoms with Crippen LogP contribution in [0.3, 0.4) is 0 Å². The Morgan fingerprint density at radius 3 is 2.73 bits per heavy atom. The van der Waals surface area contributed by atoms with Gasteiger partial charge >= 0.3 is 0 Å². The lowest BCUT2D eigenvalue weighted by molar-refractivity contribution is 0.847. The van der Waals surface area contributed by atoms with E-state index in [-0.39, 0.29) is 6.04 Å². The van der Waals surface area contributed by atoms with Crippen LogP contribution in [0.2, 0.25) is 0 Å². The SMILES string of the molecule is C[C@H](N)CSc1ccncc1. The van der Waals surface area contributed by atoms with Crippen molar-refractivity contribution < 1.29 is 0 Å². The summed E-state index contributed by atoms with van der Waals surface area (Å²) < 4.78 is 0. The topological polar surface area (TPSA) is 38.9 Å². The minimum Gasteiger partial charge on any atom is -0.327 e. The number of aromatic nitrogens is 1. The second-order valence-corrected chi connectivity index (χ2v) is 3.56. The van der Waals surface area contributed by atoms with Crippen molar-refractivity contribution in [3.05, 3.63) is 24.5 Å². The Bertz CT molecular complexity index is 199. The van der Waals surface area contributed by atoms with E-state index in [0.717, 1.165) is 5.75 Å². The quantitative estimate of drug-likeness (QED) is 0.695. The Morgan fingerprint density at radius 1 is 1.55 bits per heavy atom. The van der Waals surface area contributed by atoms with Crippen molar-refractivity contribution in [1.29, 1.82) is 0 Å². The van der Waals surface area contributed by atoms with E-state index in [9.17, 15) is 0 Å². The molecule has 0 aliphatic rings. The number of thioether (sulfide) groups is 1. The molecule has 0 unspecified atom stereocenters. The lowest BCUT2D eigenvalue weighted by Crippen LogP contribution is -2.17. The van der Waals surface area contributed by atoms with Gasteiger partial charge in [0.05, 0.1) is 0 Å². The summed E-state index contributed by atoms with van der Waals surface area (Å²) in [5, 5.41) is 0. The molecule has 0 aromatic carbocycles. The minimum absolute atomic E-state index is 0.258. The fourth-order valence-corrected chi connectivity index (χ4v) is 1.43. The molecule has 0 aliphatic heterocycles. The van der Waals surface area contributed by atoms with E-state index < -0.39 is 0 Å². The molecule has 60 valence electrons. The second-order valence-electron chi connectivity index (χ2n) is 2.47. The van der Waals surface area contributed by atoms with Crippen LogP contribution in [0.5, 0.6) is 0 Å². The molecule has 1 aromatic rings. The molecule has 0 amide bonds. The van der Waals surface area contributed by atoms with Gasteiger partial charge in [-0.3, -0.25) is 4.98 Å². The number of pyridine rings is 1. The second kappa shape index (κ2) is 4.36. The zero-order valence-electron chi connectivity index (χ0n) is 6.53. The molecule has 0 saturated heterocycles. The van der Waals surface area contributed by atoms with Gasteiger partial charge in [0.25, 0.3) is 0 Å². The first-order valence-electron chi connectivity index (χ1n) is 3.57. The van der Waals surface area contributed by atoms with Gasteiger partial charge in [0, 0.05) is 29.1 Å². The summed E-state index contributed by atoms with van der Waals surface area (Å²) in [4.78, 5) is 5.16. The van der Waals surface area contributed by atoms with Crippen LogP contribution < -0.4 is 5.73 Å². The molecule has 3 heteroatoms. The van der Waals surface area contributed by atoms with Gasteiger partial charge in [0.1, 0.15) is 0 Å². The number of nitrogens with zero attached hydrogens (tertiary/aromatic N) is 1. The Hall–Kier alpha value is -0.540. The number of rotatable bonds is 3. The molecular formula is C8H12N2S. The Kier molecular flexibility index (Phi) is 3.39. The highest BCUT2D eigenvalue weighted by Crippen LogP contribution is 2.16. The maximum atomic E-state index is 5.60. The molecule has 2 N–H and O–H groups in total. The van der Waals surface area contributed by atoms with Crippen LogP contribution in [0.4, 0.5) is 0 Å². The average molecular weight is 168 g/mol. The third-order valence-corrected chi connectivity index (χ3v) is 2.46. The standard InChI is InChI=1S/C8H12N2S/c1-7(9)6-11-8-2-4-10-5-3-8/h2-5,7H,6,9H2,1H3/t7-/m0/s1. The maximum Gasteiger partial charge on any atom is 0.0278 e. The number of hydrogen-bond donors (Lipinski definition) is 1. The van der Waals surface area contributed by atoms with Gasteiger partial charge in [-0.1, -0.05) is 0 Å². The van der Waals surface area contributed by atoms with Gasteiger partial charge in [0.15, 0.2) is 0 Å². The fourth-order valence-electron chi connectivity index (χ4n) is 0.662. The van der Waals surface area contributed by atoms with Crippen LogP contribution in [-0.4, -0.2) is 16.8 Å². The molecule has 11 heavy (non-hydrogen) atoms. The van der Waals surface area contributed by atoms with Crippen molar-refractivity contribution in [2.45, 2.75) is 17.9 Å². The van der Waals surface area contributed by atoms with E-state index in [4.69, 9.17) is 5.73 Å². The zero-order valence-corrected chi connectivity index (χ0v) is 7.34. The van der Waals surface area contributed by atoms with Gasteiger partial charge < -0.3 is 5.73 Å². The predicted octanol–water partition coefficient (Wildman–Crippen LogP) is 1.52.